The number of nitrogens with zero attached hydrogens (tertiary/aromatic N) is 1. The van der Waals surface area contributed by atoms with Crippen LogP contribution in [-0.2, 0) is 13.2 Å². The minimum Gasteiger partial charge on any atom is -0.489 e. The molecule has 3 nitrogen and oxygen atoms in total. The molecule has 1 N–H and O–H groups in total. The SMILES string of the molecule is CCN1CCC[C@H]1CNCc1ccccc1OCc1cccc(Cl)c1. The van der Waals surface area contributed by atoms with Gasteiger partial charge in [0.1, 0.15) is 12.4 Å². The zero-order valence-corrected chi connectivity index (χ0v) is 15.6. The molecule has 1 saturated heterocycles. The summed E-state index contributed by atoms with van der Waals surface area (Å²) in [6, 6.07) is 16.7. The monoisotopic (exact) mass is 358 g/mol. The molecule has 1 aliphatic rings. The molecule has 0 saturated carbocycles. The van der Waals surface area contributed by atoms with E-state index in [1.54, 1.807) is 0 Å². The fourth-order valence-electron chi connectivity index (χ4n) is 3.49. The van der Waals surface area contributed by atoms with Gasteiger partial charge in [0.15, 0.2) is 0 Å². The molecule has 1 atom stereocenters. The first-order valence-corrected chi connectivity index (χ1v) is 9.54. The maximum atomic E-state index is 6.04. The van der Waals surface area contributed by atoms with Gasteiger partial charge in [0.05, 0.1) is 0 Å². The molecule has 2 aromatic carbocycles. The van der Waals surface area contributed by atoms with E-state index in [1.165, 1.54) is 24.9 Å². The van der Waals surface area contributed by atoms with Crippen LogP contribution in [0.4, 0.5) is 0 Å². The summed E-state index contributed by atoms with van der Waals surface area (Å²) in [6.45, 7) is 7.03. The number of likely N-dealkylation sites (N-methyl/N-ethyl adjacent to an activating group) is 1. The molecule has 1 aliphatic heterocycles. The van der Waals surface area contributed by atoms with Crippen molar-refractivity contribution in [3.05, 3.63) is 64.7 Å². The molecule has 1 fully saturated rings. The first-order chi connectivity index (χ1) is 12.3. The summed E-state index contributed by atoms with van der Waals surface area (Å²) in [6.07, 6.45) is 2.62. The number of halogens is 1. The molecule has 0 aromatic heterocycles. The Bertz CT molecular complexity index is 676. The van der Waals surface area contributed by atoms with Gasteiger partial charge in [0, 0.05) is 29.7 Å². The van der Waals surface area contributed by atoms with Crippen LogP contribution in [0.5, 0.6) is 5.75 Å². The summed E-state index contributed by atoms with van der Waals surface area (Å²) in [5.41, 5.74) is 2.28. The third-order valence-corrected chi connectivity index (χ3v) is 5.09. The number of likely N-dealkylation sites (tertiary alicyclic amines) is 1. The van der Waals surface area contributed by atoms with Gasteiger partial charge in [-0.15, -0.1) is 0 Å². The standard InChI is InChI=1S/C21H27ClN2O/c1-2-24-12-6-10-20(24)15-23-14-18-8-3-4-11-21(18)25-16-17-7-5-9-19(22)13-17/h3-5,7-9,11,13,20,23H,2,6,10,12,14-16H2,1H3/t20-/m0/s1. The van der Waals surface area contributed by atoms with E-state index in [0.717, 1.165) is 36.0 Å². The minimum atomic E-state index is 0.532. The molecule has 1 heterocycles. The second-order valence-corrected chi connectivity index (χ2v) is 7.02. The second-order valence-electron chi connectivity index (χ2n) is 6.58. The van der Waals surface area contributed by atoms with Gasteiger partial charge in [-0.1, -0.05) is 48.9 Å². The maximum Gasteiger partial charge on any atom is 0.124 e. The van der Waals surface area contributed by atoms with Crippen LogP contribution in [0.15, 0.2) is 48.5 Å². The minimum absolute atomic E-state index is 0.532. The largest absolute Gasteiger partial charge is 0.489 e. The van der Waals surface area contributed by atoms with E-state index in [2.05, 4.69) is 29.3 Å². The van der Waals surface area contributed by atoms with E-state index in [1.807, 2.05) is 36.4 Å². The highest BCUT2D eigenvalue weighted by atomic mass is 35.5. The second kappa shape index (κ2) is 9.23. The smallest absolute Gasteiger partial charge is 0.124 e. The van der Waals surface area contributed by atoms with Crippen molar-refractivity contribution in [3.8, 4) is 5.75 Å². The van der Waals surface area contributed by atoms with E-state index in [-0.39, 0.29) is 0 Å². The van der Waals surface area contributed by atoms with Crippen LogP contribution in [0, 0.1) is 0 Å². The lowest BCUT2D eigenvalue weighted by molar-refractivity contribution is 0.259. The van der Waals surface area contributed by atoms with Gasteiger partial charge in [0.25, 0.3) is 0 Å². The van der Waals surface area contributed by atoms with Crippen molar-refractivity contribution >= 4 is 11.6 Å². The number of rotatable bonds is 8. The van der Waals surface area contributed by atoms with Crippen LogP contribution < -0.4 is 10.1 Å². The van der Waals surface area contributed by atoms with Crippen LogP contribution in [0.3, 0.4) is 0 Å². The van der Waals surface area contributed by atoms with Crippen LogP contribution >= 0.6 is 11.6 Å². The van der Waals surface area contributed by atoms with Crippen molar-refractivity contribution in [2.24, 2.45) is 0 Å². The van der Waals surface area contributed by atoms with Crippen molar-refractivity contribution < 1.29 is 4.74 Å². The average molecular weight is 359 g/mol. The van der Waals surface area contributed by atoms with E-state index in [9.17, 15) is 0 Å². The van der Waals surface area contributed by atoms with Crippen LogP contribution in [0.2, 0.25) is 5.02 Å². The van der Waals surface area contributed by atoms with E-state index < -0.39 is 0 Å². The first-order valence-electron chi connectivity index (χ1n) is 9.16. The Balaban J connectivity index is 1.53. The van der Waals surface area contributed by atoms with E-state index in [4.69, 9.17) is 16.3 Å². The van der Waals surface area contributed by atoms with Crippen molar-refractivity contribution in [1.82, 2.24) is 10.2 Å². The van der Waals surface area contributed by atoms with Gasteiger partial charge in [0.2, 0.25) is 0 Å². The summed E-state index contributed by atoms with van der Waals surface area (Å²) < 4.78 is 6.03. The normalized spacial score (nSPS) is 17.8. The summed E-state index contributed by atoms with van der Waals surface area (Å²) >= 11 is 6.04. The Morgan fingerprint density at radius 1 is 1.20 bits per heavy atom. The molecule has 0 unspecified atom stereocenters. The van der Waals surface area contributed by atoms with Crippen molar-refractivity contribution in [1.29, 1.82) is 0 Å². The Kier molecular flexibility index (Phi) is 6.74. The lowest BCUT2D eigenvalue weighted by atomic mass is 10.1. The van der Waals surface area contributed by atoms with Crippen LogP contribution in [0.25, 0.3) is 0 Å². The highest BCUT2D eigenvalue weighted by Crippen LogP contribution is 2.21. The van der Waals surface area contributed by atoms with Crippen LogP contribution in [0.1, 0.15) is 30.9 Å². The van der Waals surface area contributed by atoms with E-state index >= 15 is 0 Å². The van der Waals surface area contributed by atoms with Gasteiger partial charge in [-0.2, -0.15) is 0 Å². The van der Waals surface area contributed by atoms with Crippen molar-refractivity contribution in [3.63, 3.8) is 0 Å². The molecule has 2 aromatic rings. The highest BCUT2D eigenvalue weighted by molar-refractivity contribution is 6.30. The fraction of sp³-hybridized carbons (Fsp3) is 0.429. The number of hydrogen-bond donors (Lipinski definition) is 1. The Morgan fingerprint density at radius 3 is 2.92 bits per heavy atom. The zero-order chi connectivity index (χ0) is 17.5. The molecular weight excluding hydrogens is 332 g/mol. The average Bonchev–Trinajstić information content (AvgIpc) is 3.08. The number of hydrogen-bond acceptors (Lipinski definition) is 3. The fourth-order valence-corrected chi connectivity index (χ4v) is 3.71. The Morgan fingerprint density at radius 2 is 2.08 bits per heavy atom. The molecule has 0 amide bonds. The predicted molar refractivity (Wildman–Crippen MR) is 104 cm³/mol. The van der Waals surface area contributed by atoms with Crippen molar-refractivity contribution in [2.45, 2.75) is 39.0 Å². The lowest BCUT2D eigenvalue weighted by Crippen LogP contribution is -2.37. The summed E-state index contributed by atoms with van der Waals surface area (Å²) in [5.74, 6) is 0.939. The van der Waals surface area contributed by atoms with Gasteiger partial charge in [-0.25, -0.2) is 0 Å². The van der Waals surface area contributed by atoms with Gasteiger partial charge < -0.3 is 10.1 Å². The molecule has 0 bridgehead atoms. The summed E-state index contributed by atoms with van der Waals surface area (Å²) in [5, 5.41) is 4.36. The van der Waals surface area contributed by atoms with Gasteiger partial charge >= 0.3 is 0 Å². The highest BCUT2D eigenvalue weighted by Gasteiger charge is 2.22. The Hall–Kier alpha value is -1.55. The van der Waals surface area contributed by atoms with Crippen LogP contribution in [-0.4, -0.2) is 30.6 Å². The summed E-state index contributed by atoms with van der Waals surface area (Å²) in [7, 11) is 0. The molecule has 0 aliphatic carbocycles. The number of para-hydroxylation sites is 1. The molecule has 4 heteroatoms. The number of nitrogens with one attached hydrogen (secondary N) is 1. The predicted octanol–water partition coefficient (Wildman–Crippen LogP) is 4.49. The van der Waals surface area contributed by atoms with Crippen molar-refractivity contribution in [2.75, 3.05) is 19.6 Å². The molecule has 0 spiro atoms. The first kappa shape index (κ1) is 18.2. The third-order valence-electron chi connectivity index (χ3n) is 4.86. The third kappa shape index (κ3) is 5.21. The Labute approximate surface area is 155 Å². The quantitative estimate of drug-likeness (QED) is 0.752. The number of benzene rings is 2. The molecule has 3 rings (SSSR count). The number of ether oxygens (including phenoxy) is 1. The molecular formula is C21H27ClN2O. The lowest BCUT2D eigenvalue weighted by Gasteiger charge is -2.23. The molecule has 25 heavy (non-hydrogen) atoms. The molecule has 0 radical (unpaired) electrons. The van der Waals surface area contributed by atoms with E-state index in [0.29, 0.717) is 12.6 Å². The summed E-state index contributed by atoms with van der Waals surface area (Å²) in [4.78, 5) is 2.56. The maximum absolute atomic E-state index is 6.04. The topological polar surface area (TPSA) is 24.5 Å². The molecule has 134 valence electrons. The zero-order valence-electron chi connectivity index (χ0n) is 14.9. The van der Waals surface area contributed by atoms with Gasteiger partial charge in [-0.3, -0.25) is 4.90 Å². The van der Waals surface area contributed by atoms with Gasteiger partial charge in [-0.05, 0) is 49.7 Å².